The molecule has 3 N–H and O–H groups in total. The molecule has 23 heavy (non-hydrogen) atoms. The van der Waals surface area contributed by atoms with Gasteiger partial charge >= 0.3 is 5.97 Å². The highest BCUT2D eigenvalue weighted by Gasteiger charge is 2.24. The second-order valence-electron chi connectivity index (χ2n) is 5.57. The van der Waals surface area contributed by atoms with E-state index in [2.05, 4.69) is 5.32 Å². The number of nitrogen functional groups attached to an aromatic ring is 1. The molecule has 2 rings (SSSR count). The van der Waals surface area contributed by atoms with Gasteiger partial charge in [0, 0.05) is 5.69 Å². The summed E-state index contributed by atoms with van der Waals surface area (Å²) in [5, 5.41) is 3.10. The third kappa shape index (κ3) is 3.90. The highest BCUT2D eigenvalue weighted by atomic mass is 32.1. The molecular formula is C17H20N2O3S. The van der Waals surface area contributed by atoms with Crippen LogP contribution in [0.15, 0.2) is 24.3 Å². The number of anilines is 2. The summed E-state index contributed by atoms with van der Waals surface area (Å²) in [4.78, 5) is 24.9. The first-order valence-corrected chi connectivity index (χ1v) is 8.09. The highest BCUT2D eigenvalue weighted by molar-refractivity contribution is 7.18. The van der Waals surface area contributed by atoms with Gasteiger partial charge in [-0.25, -0.2) is 4.79 Å². The Morgan fingerprint density at radius 3 is 2.35 bits per heavy atom. The van der Waals surface area contributed by atoms with E-state index in [1.807, 2.05) is 31.2 Å². The number of benzene rings is 1. The van der Waals surface area contributed by atoms with Gasteiger partial charge < -0.3 is 15.8 Å². The molecule has 1 heterocycles. The zero-order valence-corrected chi connectivity index (χ0v) is 14.4. The molecule has 0 spiro atoms. The van der Waals surface area contributed by atoms with E-state index < -0.39 is 5.97 Å². The molecule has 0 aliphatic rings. The number of nitrogens with two attached hydrogens (primary N) is 1. The van der Waals surface area contributed by atoms with Crippen molar-refractivity contribution in [3.05, 3.63) is 45.8 Å². The molecule has 5 nitrogen and oxygen atoms in total. The molecular weight excluding hydrogens is 312 g/mol. The summed E-state index contributed by atoms with van der Waals surface area (Å²) >= 11 is 1.09. The van der Waals surface area contributed by atoms with E-state index in [4.69, 9.17) is 10.5 Å². The summed E-state index contributed by atoms with van der Waals surface area (Å²) in [5.74, 6) is -0.785. The molecule has 0 bridgehead atoms. The molecule has 122 valence electrons. The van der Waals surface area contributed by atoms with E-state index in [9.17, 15) is 9.59 Å². The van der Waals surface area contributed by atoms with Gasteiger partial charge in [0.05, 0.1) is 16.5 Å². The maximum atomic E-state index is 12.4. The Bertz CT molecular complexity index is 733. The standard InChI is InChI=1S/C17H20N2O3S/c1-9(2)22-17(21)13-11(4)14(23-15(13)18)16(20)19-12-7-5-10(3)6-8-12/h5-9H,18H2,1-4H3,(H,19,20). The lowest BCUT2D eigenvalue weighted by atomic mass is 10.1. The molecule has 0 aliphatic heterocycles. The van der Waals surface area contributed by atoms with Crippen molar-refractivity contribution in [3.63, 3.8) is 0 Å². The zero-order valence-electron chi connectivity index (χ0n) is 13.6. The Kier molecular flexibility index (Phi) is 5.05. The number of hydrogen-bond donors (Lipinski definition) is 2. The summed E-state index contributed by atoms with van der Waals surface area (Å²) in [6.45, 7) is 7.21. The SMILES string of the molecule is Cc1ccc(NC(=O)c2sc(N)c(C(=O)OC(C)C)c2C)cc1. The third-order valence-electron chi connectivity index (χ3n) is 3.24. The number of carbonyl (C=O) groups is 2. The van der Waals surface area contributed by atoms with Crippen molar-refractivity contribution >= 4 is 33.9 Å². The lowest BCUT2D eigenvalue weighted by molar-refractivity contribution is 0.0379. The minimum atomic E-state index is -0.499. The van der Waals surface area contributed by atoms with Crippen LogP contribution in [0.3, 0.4) is 0 Å². The average molecular weight is 332 g/mol. The summed E-state index contributed by atoms with van der Waals surface area (Å²) in [6, 6.07) is 7.48. The van der Waals surface area contributed by atoms with Crippen LogP contribution in [0.5, 0.6) is 0 Å². The third-order valence-corrected chi connectivity index (χ3v) is 4.36. The van der Waals surface area contributed by atoms with Crippen molar-refractivity contribution < 1.29 is 14.3 Å². The molecule has 1 aromatic heterocycles. The van der Waals surface area contributed by atoms with Crippen molar-refractivity contribution in [3.8, 4) is 0 Å². The van der Waals surface area contributed by atoms with Crippen molar-refractivity contribution in [2.75, 3.05) is 11.1 Å². The molecule has 1 aromatic carbocycles. The molecule has 0 radical (unpaired) electrons. The number of esters is 1. The van der Waals surface area contributed by atoms with Crippen LogP contribution in [0.2, 0.25) is 0 Å². The van der Waals surface area contributed by atoms with Gasteiger partial charge in [-0.15, -0.1) is 11.3 Å². The average Bonchev–Trinajstić information content (AvgIpc) is 2.76. The Hall–Kier alpha value is -2.34. The fraction of sp³-hybridized carbons (Fsp3) is 0.294. The second-order valence-corrected chi connectivity index (χ2v) is 6.62. The molecule has 6 heteroatoms. The number of nitrogens with one attached hydrogen (secondary N) is 1. The molecule has 0 saturated heterocycles. The first kappa shape index (κ1) is 17.0. The van der Waals surface area contributed by atoms with Gasteiger partial charge in [0.1, 0.15) is 5.00 Å². The topological polar surface area (TPSA) is 81.4 Å². The predicted octanol–water partition coefficient (Wildman–Crippen LogP) is 3.76. The second kappa shape index (κ2) is 6.83. The molecule has 0 aliphatic carbocycles. The molecule has 1 amide bonds. The number of rotatable bonds is 4. The van der Waals surface area contributed by atoms with Crippen molar-refractivity contribution in [1.82, 2.24) is 0 Å². The lowest BCUT2D eigenvalue weighted by Crippen LogP contribution is -2.15. The van der Waals surface area contributed by atoms with Crippen LogP contribution >= 0.6 is 11.3 Å². The van der Waals surface area contributed by atoms with Gasteiger partial charge in [-0.05, 0) is 45.4 Å². The quantitative estimate of drug-likeness (QED) is 0.835. The van der Waals surface area contributed by atoms with E-state index >= 15 is 0 Å². The first-order valence-electron chi connectivity index (χ1n) is 7.27. The fourth-order valence-electron chi connectivity index (χ4n) is 2.10. The van der Waals surface area contributed by atoms with Crippen molar-refractivity contribution in [2.24, 2.45) is 0 Å². The lowest BCUT2D eigenvalue weighted by Gasteiger charge is -2.08. The molecule has 0 saturated carbocycles. The summed E-state index contributed by atoms with van der Waals surface area (Å²) in [5.41, 5.74) is 8.53. The van der Waals surface area contributed by atoms with E-state index in [0.29, 0.717) is 21.1 Å². The molecule has 0 unspecified atom stereocenters. The number of aryl methyl sites for hydroxylation is 1. The van der Waals surface area contributed by atoms with Crippen molar-refractivity contribution in [2.45, 2.75) is 33.8 Å². The van der Waals surface area contributed by atoms with Crippen LogP contribution in [-0.2, 0) is 4.74 Å². The maximum Gasteiger partial charge on any atom is 0.341 e. The van der Waals surface area contributed by atoms with Crippen LogP contribution in [0.25, 0.3) is 0 Å². The van der Waals surface area contributed by atoms with Crippen LogP contribution in [0, 0.1) is 13.8 Å². The van der Waals surface area contributed by atoms with Crippen LogP contribution in [0.1, 0.15) is 45.0 Å². The fourth-order valence-corrected chi connectivity index (χ4v) is 3.06. The Balaban J connectivity index is 2.24. The summed E-state index contributed by atoms with van der Waals surface area (Å²) < 4.78 is 5.18. The maximum absolute atomic E-state index is 12.4. The summed E-state index contributed by atoms with van der Waals surface area (Å²) in [6.07, 6.45) is -0.244. The van der Waals surface area contributed by atoms with Gasteiger partial charge in [0.2, 0.25) is 0 Å². The Morgan fingerprint density at radius 1 is 1.17 bits per heavy atom. The minimum absolute atomic E-state index is 0.244. The van der Waals surface area contributed by atoms with Crippen molar-refractivity contribution in [1.29, 1.82) is 0 Å². The number of ether oxygens (including phenoxy) is 1. The number of carbonyl (C=O) groups excluding carboxylic acids is 2. The smallest absolute Gasteiger partial charge is 0.341 e. The minimum Gasteiger partial charge on any atom is -0.459 e. The van der Waals surface area contributed by atoms with Crippen LogP contribution in [-0.4, -0.2) is 18.0 Å². The monoisotopic (exact) mass is 332 g/mol. The highest BCUT2D eigenvalue weighted by Crippen LogP contribution is 2.32. The van der Waals surface area contributed by atoms with E-state index in [-0.39, 0.29) is 17.6 Å². The Morgan fingerprint density at radius 2 is 1.78 bits per heavy atom. The Labute approximate surface area is 139 Å². The number of thiophene rings is 1. The van der Waals surface area contributed by atoms with E-state index in [1.165, 1.54) is 0 Å². The van der Waals surface area contributed by atoms with Gasteiger partial charge in [-0.3, -0.25) is 4.79 Å². The molecule has 2 aromatic rings. The molecule has 0 atom stereocenters. The molecule has 0 fully saturated rings. The first-order chi connectivity index (χ1) is 10.8. The predicted molar refractivity (Wildman–Crippen MR) is 93.2 cm³/mol. The van der Waals surface area contributed by atoms with Crippen LogP contribution in [0.4, 0.5) is 10.7 Å². The normalized spacial score (nSPS) is 10.7. The number of hydrogen-bond acceptors (Lipinski definition) is 5. The van der Waals surface area contributed by atoms with Gasteiger partial charge in [-0.1, -0.05) is 17.7 Å². The van der Waals surface area contributed by atoms with Gasteiger partial charge in [0.15, 0.2) is 0 Å². The largest absolute Gasteiger partial charge is 0.459 e. The van der Waals surface area contributed by atoms with E-state index in [1.54, 1.807) is 20.8 Å². The van der Waals surface area contributed by atoms with Gasteiger partial charge in [-0.2, -0.15) is 0 Å². The summed E-state index contributed by atoms with van der Waals surface area (Å²) in [7, 11) is 0. The van der Waals surface area contributed by atoms with Crippen LogP contribution < -0.4 is 11.1 Å². The van der Waals surface area contributed by atoms with E-state index in [0.717, 1.165) is 16.9 Å². The number of amides is 1. The van der Waals surface area contributed by atoms with Gasteiger partial charge in [0.25, 0.3) is 5.91 Å². The zero-order chi connectivity index (χ0) is 17.1.